The van der Waals surface area contributed by atoms with E-state index in [0.29, 0.717) is 0 Å². The molecule has 0 bridgehead atoms. The number of rotatable bonds is 3. The Kier molecular flexibility index (Phi) is 3.00. The molecule has 0 fully saturated rings. The van der Waals surface area contributed by atoms with Crippen molar-refractivity contribution in [2.24, 2.45) is 0 Å². The van der Waals surface area contributed by atoms with Crippen LogP contribution in [0.15, 0.2) is 30.6 Å². The average molecular weight is 216 g/mol. The van der Waals surface area contributed by atoms with E-state index in [-0.39, 0.29) is 12.4 Å². The summed E-state index contributed by atoms with van der Waals surface area (Å²) in [4.78, 5) is 18.2. The summed E-state index contributed by atoms with van der Waals surface area (Å²) in [5.74, 6) is -0.245. The Balaban J connectivity index is 2.11. The number of pyridine rings is 1. The van der Waals surface area contributed by atoms with Crippen molar-refractivity contribution in [3.63, 3.8) is 0 Å². The van der Waals surface area contributed by atoms with E-state index in [1.807, 2.05) is 24.4 Å². The molecular formula is C12H12N2O2. The molecule has 16 heavy (non-hydrogen) atoms. The van der Waals surface area contributed by atoms with Crippen molar-refractivity contribution in [3.8, 4) is 0 Å². The van der Waals surface area contributed by atoms with Crippen molar-refractivity contribution < 1.29 is 9.53 Å². The lowest BCUT2D eigenvalue weighted by Gasteiger charge is -1.94. The minimum absolute atomic E-state index is 0.245. The highest BCUT2D eigenvalue weighted by Crippen LogP contribution is 2.12. The molecule has 0 radical (unpaired) electrons. The summed E-state index contributed by atoms with van der Waals surface area (Å²) in [7, 11) is 1.38. The number of carbonyl (C=O) groups is 1. The van der Waals surface area contributed by atoms with Crippen LogP contribution in [0, 0.1) is 0 Å². The van der Waals surface area contributed by atoms with Crippen LogP contribution in [0.25, 0.3) is 17.1 Å². The number of methoxy groups -OCH3 is 1. The van der Waals surface area contributed by atoms with Gasteiger partial charge in [0, 0.05) is 12.4 Å². The summed E-state index contributed by atoms with van der Waals surface area (Å²) in [5.41, 5.74) is 2.88. The fraction of sp³-hybridized carbons (Fsp3) is 0.167. The van der Waals surface area contributed by atoms with Crippen LogP contribution < -0.4 is 0 Å². The van der Waals surface area contributed by atoms with E-state index in [4.69, 9.17) is 0 Å². The lowest BCUT2D eigenvalue weighted by molar-refractivity contribution is -0.139. The number of aromatic amines is 1. The van der Waals surface area contributed by atoms with Gasteiger partial charge in [0.2, 0.25) is 0 Å². The first kappa shape index (κ1) is 10.4. The number of H-pyrrole nitrogens is 1. The molecule has 4 heteroatoms. The molecule has 0 saturated carbocycles. The second-order valence-electron chi connectivity index (χ2n) is 3.36. The number of nitrogens with zero attached hydrogens (tertiary/aromatic N) is 1. The Labute approximate surface area is 93.0 Å². The van der Waals surface area contributed by atoms with Crippen LogP contribution in [0.4, 0.5) is 0 Å². The van der Waals surface area contributed by atoms with E-state index in [1.165, 1.54) is 7.11 Å². The van der Waals surface area contributed by atoms with Crippen molar-refractivity contribution in [2.75, 3.05) is 7.11 Å². The quantitative estimate of drug-likeness (QED) is 0.800. The van der Waals surface area contributed by atoms with Gasteiger partial charge < -0.3 is 9.72 Å². The van der Waals surface area contributed by atoms with Crippen LogP contribution in [0.5, 0.6) is 0 Å². The maximum Gasteiger partial charge on any atom is 0.309 e. The highest BCUT2D eigenvalue weighted by Gasteiger charge is 1.97. The molecule has 0 atom stereocenters. The number of hydrogen-bond acceptors (Lipinski definition) is 3. The van der Waals surface area contributed by atoms with Crippen LogP contribution in [0.3, 0.4) is 0 Å². The number of aromatic nitrogens is 2. The van der Waals surface area contributed by atoms with E-state index in [9.17, 15) is 4.79 Å². The van der Waals surface area contributed by atoms with Crippen molar-refractivity contribution in [1.29, 1.82) is 0 Å². The molecule has 0 aromatic carbocycles. The van der Waals surface area contributed by atoms with Crippen LogP contribution >= 0.6 is 0 Å². The number of hydrogen-bond donors (Lipinski definition) is 1. The maximum absolute atomic E-state index is 10.9. The van der Waals surface area contributed by atoms with Gasteiger partial charge in [0.05, 0.1) is 24.6 Å². The summed E-state index contributed by atoms with van der Waals surface area (Å²) in [6.07, 6.45) is 7.50. The van der Waals surface area contributed by atoms with Crippen molar-refractivity contribution >= 4 is 23.1 Å². The van der Waals surface area contributed by atoms with Gasteiger partial charge >= 0.3 is 5.97 Å². The summed E-state index contributed by atoms with van der Waals surface area (Å²) in [6.45, 7) is 0. The third-order valence-electron chi connectivity index (χ3n) is 2.24. The van der Waals surface area contributed by atoms with Gasteiger partial charge in [-0.2, -0.15) is 0 Å². The van der Waals surface area contributed by atoms with Gasteiger partial charge in [-0.05, 0) is 17.7 Å². The molecule has 2 heterocycles. The van der Waals surface area contributed by atoms with Gasteiger partial charge in [-0.15, -0.1) is 0 Å². The maximum atomic E-state index is 10.9. The Bertz CT molecular complexity index is 529. The highest BCUT2D eigenvalue weighted by atomic mass is 16.5. The van der Waals surface area contributed by atoms with Gasteiger partial charge in [-0.3, -0.25) is 9.78 Å². The van der Waals surface area contributed by atoms with E-state index < -0.39 is 0 Å². The number of nitrogens with one attached hydrogen (secondary N) is 1. The van der Waals surface area contributed by atoms with E-state index in [0.717, 1.165) is 16.6 Å². The average Bonchev–Trinajstić information content (AvgIpc) is 2.76. The summed E-state index contributed by atoms with van der Waals surface area (Å²) in [6, 6.07) is 3.90. The van der Waals surface area contributed by atoms with E-state index in [1.54, 1.807) is 12.3 Å². The largest absolute Gasteiger partial charge is 0.469 e. The van der Waals surface area contributed by atoms with Crippen molar-refractivity contribution in [1.82, 2.24) is 9.97 Å². The van der Waals surface area contributed by atoms with Crippen LogP contribution in [-0.4, -0.2) is 23.0 Å². The molecule has 0 spiro atoms. The summed E-state index contributed by atoms with van der Waals surface area (Å²) in [5, 5.41) is 0. The molecule has 0 aliphatic carbocycles. The minimum Gasteiger partial charge on any atom is -0.469 e. The predicted molar refractivity (Wildman–Crippen MR) is 61.8 cm³/mol. The molecule has 82 valence electrons. The molecule has 0 aliphatic rings. The van der Waals surface area contributed by atoms with Gasteiger partial charge in [-0.1, -0.05) is 12.2 Å². The molecular weight excluding hydrogens is 204 g/mol. The lowest BCUT2D eigenvalue weighted by atomic mass is 10.2. The fourth-order valence-electron chi connectivity index (χ4n) is 1.42. The number of ether oxygens (including phenoxy) is 1. The zero-order chi connectivity index (χ0) is 11.4. The molecule has 0 aliphatic heterocycles. The Morgan fingerprint density at radius 2 is 2.50 bits per heavy atom. The fourth-order valence-corrected chi connectivity index (χ4v) is 1.42. The van der Waals surface area contributed by atoms with Crippen molar-refractivity contribution in [3.05, 3.63) is 36.2 Å². The SMILES string of the molecule is COC(=O)CC=Cc1cnc2cc[nH]c2c1. The van der Waals surface area contributed by atoms with Gasteiger partial charge in [0.25, 0.3) is 0 Å². The highest BCUT2D eigenvalue weighted by molar-refractivity contribution is 5.78. The van der Waals surface area contributed by atoms with Crippen LogP contribution in [0.1, 0.15) is 12.0 Å². The van der Waals surface area contributed by atoms with E-state index in [2.05, 4.69) is 14.7 Å². The molecule has 0 amide bonds. The topological polar surface area (TPSA) is 55.0 Å². The van der Waals surface area contributed by atoms with Crippen molar-refractivity contribution in [2.45, 2.75) is 6.42 Å². The zero-order valence-electron chi connectivity index (χ0n) is 8.93. The normalized spacial score (nSPS) is 11.1. The van der Waals surface area contributed by atoms with Crippen LogP contribution in [0.2, 0.25) is 0 Å². The zero-order valence-corrected chi connectivity index (χ0v) is 8.93. The molecule has 4 nitrogen and oxygen atoms in total. The Hall–Kier alpha value is -2.10. The van der Waals surface area contributed by atoms with E-state index >= 15 is 0 Å². The molecule has 1 N–H and O–H groups in total. The number of fused-ring (bicyclic) bond motifs is 1. The predicted octanol–water partition coefficient (Wildman–Crippen LogP) is 2.14. The standard InChI is InChI=1S/C12H12N2O2/c1-16-12(15)4-2-3-9-7-11-10(14-8-9)5-6-13-11/h2-3,5-8,13H,4H2,1H3. The molecule has 2 aromatic rings. The van der Waals surface area contributed by atoms with Gasteiger partial charge in [-0.25, -0.2) is 0 Å². The number of carbonyl (C=O) groups excluding carboxylic acids is 1. The second kappa shape index (κ2) is 4.61. The third kappa shape index (κ3) is 2.28. The first-order valence-corrected chi connectivity index (χ1v) is 4.96. The monoisotopic (exact) mass is 216 g/mol. The third-order valence-corrected chi connectivity index (χ3v) is 2.24. The summed E-state index contributed by atoms with van der Waals surface area (Å²) >= 11 is 0. The van der Waals surface area contributed by atoms with Gasteiger partial charge in [0.1, 0.15) is 0 Å². The molecule has 0 unspecified atom stereocenters. The van der Waals surface area contributed by atoms with Crippen LogP contribution in [-0.2, 0) is 9.53 Å². The lowest BCUT2D eigenvalue weighted by Crippen LogP contribution is -1.96. The van der Waals surface area contributed by atoms with Gasteiger partial charge in [0.15, 0.2) is 0 Å². The Morgan fingerprint density at radius 3 is 3.31 bits per heavy atom. The summed E-state index contributed by atoms with van der Waals surface area (Å²) < 4.78 is 4.53. The Morgan fingerprint density at radius 1 is 1.62 bits per heavy atom. The second-order valence-corrected chi connectivity index (χ2v) is 3.36. The number of esters is 1. The molecule has 2 aromatic heterocycles. The smallest absolute Gasteiger partial charge is 0.309 e. The first-order chi connectivity index (χ1) is 7.79. The first-order valence-electron chi connectivity index (χ1n) is 4.96. The molecule has 0 saturated heterocycles. The minimum atomic E-state index is -0.245. The molecule has 2 rings (SSSR count).